The Morgan fingerprint density at radius 2 is 2.00 bits per heavy atom. The number of carbonyl (C=O) groups excluding carboxylic acids is 1. The minimum absolute atomic E-state index is 0.0700. The number of thiazole rings is 1. The van der Waals surface area contributed by atoms with Gasteiger partial charge in [-0.15, -0.1) is 11.3 Å². The first kappa shape index (κ1) is 17.3. The van der Waals surface area contributed by atoms with Crippen molar-refractivity contribution in [2.75, 3.05) is 14.2 Å². The van der Waals surface area contributed by atoms with Gasteiger partial charge in [-0.25, -0.2) is 4.98 Å². The third-order valence-electron chi connectivity index (χ3n) is 4.38. The largest absolute Gasteiger partial charge is 0.497 e. The van der Waals surface area contributed by atoms with E-state index < -0.39 is 0 Å². The molecule has 0 aliphatic carbocycles. The minimum Gasteiger partial charge on any atom is -0.497 e. The van der Waals surface area contributed by atoms with Crippen LogP contribution in [0.25, 0.3) is 21.5 Å². The molecule has 2 heterocycles. The number of aromatic amines is 1. The van der Waals surface area contributed by atoms with E-state index in [1.165, 1.54) is 0 Å². The van der Waals surface area contributed by atoms with Crippen molar-refractivity contribution in [1.29, 1.82) is 0 Å². The Morgan fingerprint density at radius 3 is 2.78 bits per heavy atom. The second-order valence-electron chi connectivity index (χ2n) is 6.31. The fourth-order valence-electron chi connectivity index (χ4n) is 2.97. The molecule has 1 amide bonds. The van der Waals surface area contributed by atoms with Crippen molar-refractivity contribution in [2.24, 2.45) is 0 Å². The van der Waals surface area contributed by atoms with Crippen LogP contribution in [0.15, 0.2) is 60.0 Å². The Hall–Kier alpha value is -3.12. The van der Waals surface area contributed by atoms with E-state index in [-0.39, 0.29) is 5.91 Å². The van der Waals surface area contributed by atoms with Crippen molar-refractivity contribution in [3.63, 3.8) is 0 Å². The average molecular weight is 377 g/mol. The Labute approximate surface area is 161 Å². The van der Waals surface area contributed by atoms with Crippen molar-refractivity contribution in [3.8, 4) is 16.3 Å². The quantitative estimate of drug-likeness (QED) is 0.554. The molecule has 4 aromatic rings. The van der Waals surface area contributed by atoms with Crippen LogP contribution in [0.3, 0.4) is 0 Å². The lowest BCUT2D eigenvalue weighted by Gasteiger charge is -2.14. The van der Waals surface area contributed by atoms with E-state index in [4.69, 9.17) is 4.74 Å². The van der Waals surface area contributed by atoms with Gasteiger partial charge in [0.15, 0.2) is 0 Å². The number of hydrogen-bond acceptors (Lipinski definition) is 4. The molecule has 1 N–H and O–H groups in total. The molecule has 2 aromatic carbocycles. The first-order chi connectivity index (χ1) is 13.1. The van der Waals surface area contributed by atoms with Gasteiger partial charge in [0.05, 0.1) is 19.3 Å². The third-order valence-corrected chi connectivity index (χ3v) is 5.32. The van der Waals surface area contributed by atoms with Gasteiger partial charge in [-0.2, -0.15) is 0 Å². The van der Waals surface area contributed by atoms with Crippen molar-refractivity contribution in [2.45, 2.75) is 6.54 Å². The van der Waals surface area contributed by atoms with Gasteiger partial charge in [-0.1, -0.05) is 30.3 Å². The fourth-order valence-corrected chi connectivity index (χ4v) is 3.78. The topological polar surface area (TPSA) is 58.2 Å². The van der Waals surface area contributed by atoms with E-state index >= 15 is 0 Å². The number of benzene rings is 2. The van der Waals surface area contributed by atoms with Gasteiger partial charge < -0.3 is 14.6 Å². The first-order valence-corrected chi connectivity index (χ1v) is 9.44. The maximum atomic E-state index is 12.8. The molecule has 2 aromatic heterocycles. The Morgan fingerprint density at radius 1 is 1.19 bits per heavy atom. The fraction of sp³-hybridized carbons (Fsp3) is 0.143. The van der Waals surface area contributed by atoms with Crippen molar-refractivity contribution >= 4 is 28.1 Å². The smallest absolute Gasteiger partial charge is 0.270 e. The highest BCUT2D eigenvalue weighted by atomic mass is 32.1. The van der Waals surface area contributed by atoms with Gasteiger partial charge in [0.25, 0.3) is 5.91 Å². The zero-order chi connectivity index (χ0) is 18.8. The molecule has 0 unspecified atom stereocenters. The number of methoxy groups -OCH3 is 1. The van der Waals surface area contributed by atoms with Crippen molar-refractivity contribution < 1.29 is 9.53 Å². The number of aromatic nitrogens is 2. The number of ether oxygens (including phenoxy) is 1. The second kappa shape index (κ2) is 7.25. The minimum atomic E-state index is -0.0700. The second-order valence-corrected chi connectivity index (χ2v) is 7.17. The standard InChI is InChI=1S/C21H19N3O2S/c1-24(12-16-13-27-20(22-16)14-6-4-3-5-7-14)21(25)19-11-15-10-17(26-2)8-9-18(15)23-19/h3-11,13,23H,12H2,1-2H3. The normalized spacial score (nSPS) is 10.9. The molecule has 0 spiro atoms. The summed E-state index contributed by atoms with van der Waals surface area (Å²) < 4.78 is 5.24. The molecular weight excluding hydrogens is 358 g/mol. The number of carbonyl (C=O) groups is 1. The zero-order valence-corrected chi connectivity index (χ0v) is 15.9. The number of H-pyrrole nitrogens is 1. The number of nitrogens with one attached hydrogen (secondary N) is 1. The molecular formula is C21H19N3O2S. The summed E-state index contributed by atoms with van der Waals surface area (Å²) in [6.07, 6.45) is 0. The van der Waals surface area contributed by atoms with Crippen LogP contribution in [0.2, 0.25) is 0 Å². The van der Waals surface area contributed by atoms with E-state index in [1.807, 2.05) is 60.0 Å². The van der Waals surface area contributed by atoms with Crippen LogP contribution >= 0.6 is 11.3 Å². The number of fused-ring (bicyclic) bond motifs is 1. The van der Waals surface area contributed by atoms with Crippen LogP contribution in [0.1, 0.15) is 16.2 Å². The van der Waals surface area contributed by atoms with Gasteiger partial charge in [-0.3, -0.25) is 4.79 Å². The van der Waals surface area contributed by atoms with Gasteiger partial charge >= 0.3 is 0 Å². The predicted octanol–water partition coefficient (Wildman–Crippen LogP) is 4.57. The molecule has 0 aliphatic heterocycles. The monoisotopic (exact) mass is 377 g/mol. The number of amides is 1. The van der Waals surface area contributed by atoms with Crippen molar-refractivity contribution in [3.05, 3.63) is 71.4 Å². The molecule has 5 nitrogen and oxygen atoms in total. The van der Waals surface area contributed by atoms with E-state index in [9.17, 15) is 4.79 Å². The van der Waals surface area contributed by atoms with E-state index in [1.54, 1.807) is 30.4 Å². The Bertz CT molecular complexity index is 1090. The summed E-state index contributed by atoms with van der Waals surface area (Å²) in [6, 6.07) is 17.6. The number of hydrogen-bond donors (Lipinski definition) is 1. The maximum Gasteiger partial charge on any atom is 0.270 e. The van der Waals surface area contributed by atoms with Crippen molar-refractivity contribution in [1.82, 2.24) is 14.9 Å². The average Bonchev–Trinajstić information content (AvgIpc) is 3.34. The molecule has 0 aliphatic rings. The molecule has 4 rings (SSSR count). The Kier molecular flexibility index (Phi) is 4.64. The molecule has 27 heavy (non-hydrogen) atoms. The molecule has 0 fully saturated rings. The molecule has 6 heteroatoms. The summed E-state index contributed by atoms with van der Waals surface area (Å²) in [7, 11) is 3.42. The summed E-state index contributed by atoms with van der Waals surface area (Å²) in [4.78, 5) is 22.3. The summed E-state index contributed by atoms with van der Waals surface area (Å²) in [6.45, 7) is 0.459. The first-order valence-electron chi connectivity index (χ1n) is 8.56. The Balaban J connectivity index is 1.50. The highest BCUT2D eigenvalue weighted by molar-refractivity contribution is 7.13. The molecule has 0 saturated heterocycles. The van der Waals surface area contributed by atoms with Crippen LogP contribution in [0, 0.1) is 0 Å². The van der Waals surface area contributed by atoms with Gasteiger partial charge in [-0.05, 0) is 24.3 Å². The van der Waals surface area contributed by atoms with E-state index in [0.717, 1.165) is 32.9 Å². The van der Waals surface area contributed by atoms with Crippen LogP contribution in [0.5, 0.6) is 5.75 Å². The summed E-state index contributed by atoms with van der Waals surface area (Å²) in [5.41, 5.74) is 3.44. The molecule has 0 saturated carbocycles. The summed E-state index contributed by atoms with van der Waals surface area (Å²) in [5, 5.41) is 3.91. The van der Waals surface area contributed by atoms with Crippen LogP contribution < -0.4 is 4.74 Å². The predicted molar refractivity (Wildman–Crippen MR) is 108 cm³/mol. The summed E-state index contributed by atoms with van der Waals surface area (Å²) >= 11 is 1.59. The van der Waals surface area contributed by atoms with Gasteiger partial charge in [0, 0.05) is 28.9 Å². The number of nitrogens with zero attached hydrogens (tertiary/aromatic N) is 2. The van der Waals surface area contributed by atoms with Crippen LogP contribution in [0.4, 0.5) is 0 Å². The molecule has 136 valence electrons. The molecule has 0 radical (unpaired) electrons. The van der Waals surface area contributed by atoms with E-state index in [2.05, 4.69) is 9.97 Å². The lowest BCUT2D eigenvalue weighted by Crippen LogP contribution is -2.26. The highest BCUT2D eigenvalue weighted by Gasteiger charge is 2.16. The van der Waals surface area contributed by atoms with E-state index in [0.29, 0.717) is 12.2 Å². The van der Waals surface area contributed by atoms with Gasteiger partial charge in [0.1, 0.15) is 16.5 Å². The molecule has 0 bridgehead atoms. The molecule has 0 atom stereocenters. The summed E-state index contributed by atoms with van der Waals surface area (Å²) in [5.74, 6) is 0.698. The lowest BCUT2D eigenvalue weighted by atomic mass is 10.2. The lowest BCUT2D eigenvalue weighted by molar-refractivity contribution is 0.0779. The van der Waals surface area contributed by atoms with Gasteiger partial charge in [0.2, 0.25) is 0 Å². The maximum absolute atomic E-state index is 12.8. The van der Waals surface area contributed by atoms with Crippen LogP contribution in [-0.2, 0) is 6.54 Å². The SMILES string of the molecule is COc1ccc2[nH]c(C(=O)N(C)Cc3csc(-c4ccccc4)n3)cc2c1. The highest BCUT2D eigenvalue weighted by Crippen LogP contribution is 2.25. The van der Waals surface area contributed by atoms with Crippen LogP contribution in [-0.4, -0.2) is 34.9 Å². The third kappa shape index (κ3) is 3.57. The zero-order valence-electron chi connectivity index (χ0n) is 15.1. The number of rotatable bonds is 5.